The quantitative estimate of drug-likeness (QED) is 0.588. The van der Waals surface area contributed by atoms with E-state index in [-0.39, 0.29) is 12.1 Å². The fourth-order valence-corrected chi connectivity index (χ4v) is 4.23. The van der Waals surface area contributed by atoms with E-state index in [1.54, 1.807) is 11.3 Å². The van der Waals surface area contributed by atoms with Gasteiger partial charge in [-0.15, -0.1) is 11.3 Å². The van der Waals surface area contributed by atoms with E-state index in [4.69, 9.17) is 9.47 Å². The van der Waals surface area contributed by atoms with Gasteiger partial charge in [0.1, 0.15) is 0 Å². The molecule has 29 heavy (non-hydrogen) atoms. The first-order valence-corrected chi connectivity index (χ1v) is 10.7. The first kappa shape index (κ1) is 19.7. The molecule has 0 amide bonds. The van der Waals surface area contributed by atoms with Crippen molar-refractivity contribution in [3.05, 3.63) is 52.6 Å². The lowest BCUT2D eigenvalue weighted by Crippen LogP contribution is -2.35. The summed E-state index contributed by atoms with van der Waals surface area (Å²) in [6.07, 6.45) is 1.89. The lowest BCUT2D eigenvalue weighted by Gasteiger charge is -2.31. The Morgan fingerprint density at radius 1 is 1.31 bits per heavy atom. The minimum Gasteiger partial charge on any atom is -0.459 e. The van der Waals surface area contributed by atoms with Crippen molar-refractivity contribution in [2.45, 2.75) is 26.9 Å². The number of rotatable bonds is 5. The number of morpholine rings is 1. The van der Waals surface area contributed by atoms with Gasteiger partial charge in [0.05, 0.1) is 47.5 Å². The molecule has 0 atom stereocenters. The highest BCUT2D eigenvalue weighted by Crippen LogP contribution is 2.31. The molecule has 0 aliphatic carbocycles. The number of hydrogen-bond donors (Lipinski definition) is 0. The van der Waals surface area contributed by atoms with Crippen molar-refractivity contribution >= 4 is 28.5 Å². The molecular weight excluding hydrogens is 386 g/mol. The lowest BCUT2D eigenvalue weighted by atomic mass is 10.0. The monoisotopic (exact) mass is 411 g/mol. The number of thiazole rings is 1. The summed E-state index contributed by atoms with van der Waals surface area (Å²) in [4.78, 5) is 19.4. The first-order valence-electron chi connectivity index (χ1n) is 9.73. The second kappa shape index (κ2) is 8.00. The fourth-order valence-electron chi connectivity index (χ4n) is 3.67. The third kappa shape index (κ3) is 3.80. The number of fused-ring (bicyclic) bond motifs is 1. The highest BCUT2D eigenvalue weighted by atomic mass is 32.1. The molecule has 0 unspecified atom stereocenters. The minimum atomic E-state index is -0.313. The molecule has 0 radical (unpaired) electrons. The van der Waals surface area contributed by atoms with Crippen molar-refractivity contribution < 1.29 is 14.3 Å². The maximum absolute atomic E-state index is 12.8. The second-order valence-electron chi connectivity index (χ2n) is 7.43. The van der Waals surface area contributed by atoms with E-state index >= 15 is 0 Å². The molecule has 4 heterocycles. The van der Waals surface area contributed by atoms with E-state index in [0.717, 1.165) is 46.8 Å². The molecule has 0 saturated carbocycles. The lowest BCUT2D eigenvalue weighted by molar-refractivity contribution is 0.0377. The highest BCUT2D eigenvalue weighted by Gasteiger charge is 2.23. The Morgan fingerprint density at radius 2 is 2.07 bits per heavy atom. The predicted molar refractivity (Wildman–Crippen MR) is 115 cm³/mol. The van der Waals surface area contributed by atoms with Crippen LogP contribution in [0.25, 0.3) is 22.5 Å². The van der Waals surface area contributed by atoms with Gasteiger partial charge in [0.25, 0.3) is 0 Å². The summed E-state index contributed by atoms with van der Waals surface area (Å²) in [6.45, 7) is 13.0. The molecule has 3 aromatic rings. The molecule has 1 fully saturated rings. The molecule has 1 saturated heterocycles. The summed E-state index contributed by atoms with van der Waals surface area (Å²) in [5.41, 5.74) is 7.90. The van der Waals surface area contributed by atoms with Crippen LogP contribution in [0.15, 0.2) is 35.8 Å². The predicted octanol–water partition coefficient (Wildman–Crippen LogP) is 4.24. The molecule has 0 aromatic carbocycles. The number of aromatic nitrogens is 2. The third-order valence-electron chi connectivity index (χ3n) is 5.10. The summed E-state index contributed by atoms with van der Waals surface area (Å²) >= 11 is 1.56. The van der Waals surface area contributed by atoms with E-state index in [0.29, 0.717) is 18.8 Å². The number of nitrogens with zero attached hydrogens (tertiary/aromatic N) is 3. The Labute approximate surface area is 174 Å². The normalized spacial score (nSPS) is 14.6. The van der Waals surface area contributed by atoms with Crippen molar-refractivity contribution in [1.82, 2.24) is 14.3 Å². The van der Waals surface area contributed by atoms with Gasteiger partial charge >= 0.3 is 5.97 Å². The summed E-state index contributed by atoms with van der Waals surface area (Å²) in [5, 5.41) is 2.02. The second-order valence-corrected chi connectivity index (χ2v) is 8.15. The Bertz CT molecular complexity index is 1050. The van der Waals surface area contributed by atoms with Crippen LogP contribution in [-0.4, -0.2) is 52.7 Å². The summed E-state index contributed by atoms with van der Waals surface area (Å²) < 4.78 is 13.1. The van der Waals surface area contributed by atoms with Crippen LogP contribution in [0.2, 0.25) is 0 Å². The molecular formula is C22H25N3O3S. The zero-order valence-electron chi connectivity index (χ0n) is 17.0. The van der Waals surface area contributed by atoms with E-state index < -0.39 is 0 Å². The van der Waals surface area contributed by atoms with Crippen LogP contribution in [0.5, 0.6) is 0 Å². The average Bonchev–Trinajstić information content (AvgIpc) is 3.36. The SMILES string of the molecule is C=C(c1c(C)c(C(=O)OC(C)C)cc2cc(-c3cscn3)cn12)N1CCOCC1. The van der Waals surface area contributed by atoms with Gasteiger partial charge in [-0.25, -0.2) is 9.78 Å². The van der Waals surface area contributed by atoms with E-state index in [1.807, 2.05) is 37.7 Å². The molecule has 3 aromatic heterocycles. The number of hydrogen-bond acceptors (Lipinski definition) is 6. The number of pyridine rings is 1. The van der Waals surface area contributed by atoms with Crippen molar-refractivity contribution in [2.75, 3.05) is 26.3 Å². The summed E-state index contributed by atoms with van der Waals surface area (Å²) in [7, 11) is 0. The number of ether oxygens (including phenoxy) is 2. The van der Waals surface area contributed by atoms with Crippen molar-refractivity contribution in [3.8, 4) is 11.3 Å². The van der Waals surface area contributed by atoms with Gasteiger partial charge in [0.2, 0.25) is 0 Å². The van der Waals surface area contributed by atoms with Crippen LogP contribution in [-0.2, 0) is 9.47 Å². The van der Waals surface area contributed by atoms with Crippen LogP contribution in [0, 0.1) is 6.92 Å². The minimum absolute atomic E-state index is 0.179. The van der Waals surface area contributed by atoms with Crippen LogP contribution in [0.3, 0.4) is 0 Å². The van der Waals surface area contributed by atoms with Crippen LogP contribution in [0.4, 0.5) is 0 Å². The maximum Gasteiger partial charge on any atom is 0.338 e. The van der Waals surface area contributed by atoms with Gasteiger partial charge in [-0.1, -0.05) is 6.58 Å². The van der Waals surface area contributed by atoms with E-state index in [9.17, 15) is 4.79 Å². The van der Waals surface area contributed by atoms with E-state index in [2.05, 4.69) is 33.1 Å². The molecule has 1 aliphatic heterocycles. The van der Waals surface area contributed by atoms with Crippen molar-refractivity contribution in [2.24, 2.45) is 0 Å². The van der Waals surface area contributed by atoms with Gasteiger partial charge < -0.3 is 18.8 Å². The highest BCUT2D eigenvalue weighted by molar-refractivity contribution is 7.07. The summed E-state index contributed by atoms with van der Waals surface area (Å²) in [6, 6.07) is 3.95. The molecule has 1 aliphatic rings. The topological polar surface area (TPSA) is 56.1 Å². The molecule has 7 heteroatoms. The van der Waals surface area contributed by atoms with Crippen LogP contribution < -0.4 is 0 Å². The van der Waals surface area contributed by atoms with Gasteiger partial charge in [0.15, 0.2) is 0 Å². The Hall–Kier alpha value is -2.64. The van der Waals surface area contributed by atoms with Crippen molar-refractivity contribution in [3.63, 3.8) is 0 Å². The van der Waals surface area contributed by atoms with Gasteiger partial charge in [-0.2, -0.15) is 0 Å². The average molecular weight is 412 g/mol. The van der Waals surface area contributed by atoms with Crippen LogP contribution in [0.1, 0.15) is 35.5 Å². The molecule has 152 valence electrons. The number of carbonyl (C=O) groups is 1. The standard InChI is InChI=1S/C22H25N3O3S/c1-14(2)28-22(26)19-10-18-9-17(20-12-29-13-23-20)11-25(18)21(15(19)3)16(4)24-5-7-27-8-6-24/h9-14H,4-8H2,1-3H3. The van der Waals surface area contributed by atoms with Gasteiger partial charge in [-0.05, 0) is 38.5 Å². The number of esters is 1. The fraction of sp³-hybridized carbons (Fsp3) is 0.364. The first-order chi connectivity index (χ1) is 14.0. The Kier molecular flexibility index (Phi) is 5.43. The van der Waals surface area contributed by atoms with Gasteiger partial charge in [0, 0.05) is 35.7 Å². The largest absolute Gasteiger partial charge is 0.459 e. The number of carbonyl (C=O) groups excluding carboxylic acids is 1. The maximum atomic E-state index is 12.8. The molecule has 4 rings (SSSR count). The molecule has 0 spiro atoms. The van der Waals surface area contributed by atoms with Crippen molar-refractivity contribution in [1.29, 1.82) is 0 Å². The molecule has 6 nitrogen and oxygen atoms in total. The van der Waals surface area contributed by atoms with E-state index in [1.165, 1.54) is 0 Å². The molecule has 0 N–H and O–H groups in total. The Balaban J connectivity index is 1.88. The van der Waals surface area contributed by atoms with Crippen LogP contribution >= 0.6 is 11.3 Å². The molecule has 0 bridgehead atoms. The summed E-state index contributed by atoms with van der Waals surface area (Å²) in [5.74, 6) is -0.313. The third-order valence-corrected chi connectivity index (χ3v) is 5.69. The zero-order valence-corrected chi connectivity index (χ0v) is 17.8. The smallest absolute Gasteiger partial charge is 0.338 e. The van der Waals surface area contributed by atoms with Gasteiger partial charge in [-0.3, -0.25) is 0 Å². The Morgan fingerprint density at radius 3 is 2.72 bits per heavy atom. The zero-order chi connectivity index (χ0) is 20.5.